The summed E-state index contributed by atoms with van der Waals surface area (Å²) in [5, 5.41) is 12.3. The van der Waals surface area contributed by atoms with Gasteiger partial charge in [-0.1, -0.05) is 51.0 Å². The third-order valence-corrected chi connectivity index (χ3v) is 7.96. The molecule has 0 spiro atoms. The molecule has 0 atom stereocenters. The zero-order chi connectivity index (χ0) is 25.3. The molecule has 200 valence electrons. The van der Waals surface area contributed by atoms with E-state index in [4.69, 9.17) is 9.72 Å². The number of aliphatic carboxylic acids is 1. The molecule has 37 heavy (non-hydrogen) atoms. The molecule has 0 amide bonds. The van der Waals surface area contributed by atoms with Crippen LogP contribution in [0.3, 0.4) is 0 Å². The molecule has 3 aromatic rings. The Balaban J connectivity index is 0.00000380. The van der Waals surface area contributed by atoms with Crippen LogP contribution in [0.5, 0.6) is 5.75 Å². The van der Waals surface area contributed by atoms with Crippen molar-refractivity contribution >= 4 is 29.7 Å². The number of likely N-dealkylation sites (tertiary alicyclic amines) is 1. The minimum absolute atomic E-state index is 0. The van der Waals surface area contributed by atoms with Crippen LogP contribution in [0.2, 0.25) is 0 Å². The van der Waals surface area contributed by atoms with E-state index in [1.165, 1.54) is 36.8 Å². The molecule has 0 aliphatic carbocycles. The Kier molecular flexibility index (Phi) is 11.4. The molecule has 1 fully saturated rings. The topological polar surface area (TPSA) is 62.7 Å². The molecule has 5 nitrogen and oxygen atoms in total. The lowest BCUT2D eigenvalue weighted by molar-refractivity contribution is -0.143. The number of thiazole rings is 1. The molecule has 7 heteroatoms. The van der Waals surface area contributed by atoms with Crippen LogP contribution in [0, 0.1) is 5.92 Å². The van der Waals surface area contributed by atoms with Gasteiger partial charge in [-0.05, 0) is 80.1 Å². The van der Waals surface area contributed by atoms with Crippen molar-refractivity contribution < 1.29 is 14.6 Å². The summed E-state index contributed by atoms with van der Waals surface area (Å²) < 4.78 is 6.04. The van der Waals surface area contributed by atoms with Crippen LogP contribution in [0.15, 0.2) is 53.9 Å². The second-order valence-electron chi connectivity index (χ2n) is 9.84. The molecule has 2 heterocycles. The molecule has 0 unspecified atom stereocenters. The summed E-state index contributed by atoms with van der Waals surface area (Å²) in [6, 6.07) is 17.1. The molecular weight excluding hydrogens is 504 g/mol. The van der Waals surface area contributed by atoms with E-state index >= 15 is 0 Å². The molecule has 0 saturated carbocycles. The maximum atomic E-state index is 11.2. The molecule has 1 aliphatic rings. The van der Waals surface area contributed by atoms with Crippen LogP contribution in [-0.2, 0) is 17.9 Å². The van der Waals surface area contributed by atoms with E-state index in [0.717, 1.165) is 54.5 Å². The first-order valence-corrected chi connectivity index (χ1v) is 14.1. The normalized spacial score (nSPS) is 14.5. The average Bonchev–Trinajstić information content (AvgIpc) is 3.37. The predicted molar refractivity (Wildman–Crippen MR) is 154 cm³/mol. The largest absolute Gasteiger partial charge is 0.489 e. The number of carboxylic acid groups (broad SMARTS) is 1. The van der Waals surface area contributed by atoms with E-state index in [-0.39, 0.29) is 18.3 Å². The second kappa shape index (κ2) is 14.5. The van der Waals surface area contributed by atoms with Gasteiger partial charge in [-0.25, -0.2) is 4.98 Å². The molecule has 0 bridgehead atoms. The monoisotopic (exact) mass is 542 g/mol. The number of hydrogen-bond acceptors (Lipinski definition) is 5. The van der Waals surface area contributed by atoms with Crippen LogP contribution in [0.4, 0.5) is 0 Å². The van der Waals surface area contributed by atoms with E-state index in [0.29, 0.717) is 12.5 Å². The SMILES string of the molecule is CCCC(CCC)c1ccc(COc2ccc(-c3csc(CN4CCC(C(=O)O)CC4)n3)cc2)cc1.Cl. The highest BCUT2D eigenvalue weighted by Crippen LogP contribution is 2.28. The van der Waals surface area contributed by atoms with Gasteiger partial charge in [0.05, 0.1) is 18.2 Å². The van der Waals surface area contributed by atoms with Gasteiger partial charge < -0.3 is 9.84 Å². The first kappa shape index (κ1) is 29.2. The van der Waals surface area contributed by atoms with Crippen LogP contribution in [-0.4, -0.2) is 34.0 Å². The van der Waals surface area contributed by atoms with Crippen LogP contribution in [0.25, 0.3) is 11.3 Å². The van der Waals surface area contributed by atoms with Gasteiger partial charge in [-0.15, -0.1) is 23.7 Å². The summed E-state index contributed by atoms with van der Waals surface area (Å²) in [4.78, 5) is 18.3. The Morgan fingerprint density at radius 2 is 1.70 bits per heavy atom. The van der Waals surface area contributed by atoms with Crippen molar-refractivity contribution in [3.8, 4) is 17.0 Å². The number of rotatable bonds is 12. The van der Waals surface area contributed by atoms with Gasteiger partial charge in [-0.2, -0.15) is 0 Å². The summed E-state index contributed by atoms with van der Waals surface area (Å²) in [7, 11) is 0. The molecule has 4 rings (SSSR count). The number of aromatic nitrogens is 1. The summed E-state index contributed by atoms with van der Waals surface area (Å²) in [5.74, 6) is 0.656. The maximum Gasteiger partial charge on any atom is 0.306 e. The molecule has 0 radical (unpaired) electrons. The number of carboxylic acids is 1. The molecule has 2 aromatic carbocycles. The van der Waals surface area contributed by atoms with E-state index < -0.39 is 5.97 Å². The summed E-state index contributed by atoms with van der Waals surface area (Å²) in [6.45, 7) is 7.51. The third kappa shape index (κ3) is 8.29. The maximum absolute atomic E-state index is 11.2. The van der Waals surface area contributed by atoms with Crippen molar-refractivity contribution in [1.82, 2.24) is 9.88 Å². The van der Waals surface area contributed by atoms with E-state index in [1.807, 2.05) is 12.1 Å². The molecule has 1 saturated heterocycles. The highest BCUT2D eigenvalue weighted by molar-refractivity contribution is 7.09. The lowest BCUT2D eigenvalue weighted by Gasteiger charge is -2.29. The van der Waals surface area contributed by atoms with Gasteiger partial charge in [0.1, 0.15) is 17.4 Å². The lowest BCUT2D eigenvalue weighted by Crippen LogP contribution is -2.35. The fourth-order valence-corrected chi connectivity index (χ4v) is 5.84. The Hall–Kier alpha value is -2.41. The highest BCUT2D eigenvalue weighted by atomic mass is 35.5. The minimum atomic E-state index is -0.667. The first-order chi connectivity index (χ1) is 17.6. The number of hydrogen-bond donors (Lipinski definition) is 1. The van der Waals surface area contributed by atoms with E-state index in [2.05, 4.69) is 60.5 Å². The molecular formula is C30H39ClN2O3S. The van der Waals surface area contributed by atoms with Crippen molar-refractivity contribution in [2.75, 3.05) is 13.1 Å². The molecule has 1 aliphatic heterocycles. The van der Waals surface area contributed by atoms with Crippen LogP contribution < -0.4 is 4.74 Å². The zero-order valence-electron chi connectivity index (χ0n) is 21.9. The summed E-state index contributed by atoms with van der Waals surface area (Å²) in [6.07, 6.45) is 6.39. The average molecular weight is 543 g/mol. The van der Waals surface area contributed by atoms with Crippen molar-refractivity contribution in [2.24, 2.45) is 5.92 Å². The lowest BCUT2D eigenvalue weighted by atomic mass is 9.90. The van der Waals surface area contributed by atoms with Gasteiger partial charge in [0.2, 0.25) is 0 Å². The van der Waals surface area contributed by atoms with Gasteiger partial charge in [-0.3, -0.25) is 9.69 Å². The van der Waals surface area contributed by atoms with Crippen molar-refractivity contribution in [2.45, 2.75) is 71.4 Å². The Morgan fingerprint density at radius 1 is 1.05 bits per heavy atom. The second-order valence-corrected chi connectivity index (χ2v) is 10.8. The van der Waals surface area contributed by atoms with Crippen molar-refractivity contribution in [3.05, 3.63) is 70.0 Å². The summed E-state index contributed by atoms with van der Waals surface area (Å²) in [5.41, 5.74) is 4.69. The quantitative estimate of drug-likeness (QED) is 0.253. The highest BCUT2D eigenvalue weighted by Gasteiger charge is 2.24. The number of ether oxygens (including phenoxy) is 1. The van der Waals surface area contributed by atoms with Crippen molar-refractivity contribution in [1.29, 1.82) is 0 Å². The van der Waals surface area contributed by atoms with Crippen LogP contribution in [0.1, 0.15) is 74.4 Å². The number of halogens is 1. The first-order valence-electron chi connectivity index (χ1n) is 13.3. The molecule has 1 N–H and O–H groups in total. The standard InChI is InChI=1S/C30H38N2O3S.ClH/c1-3-5-23(6-4-2)24-9-7-22(8-10-24)20-35-27-13-11-25(12-14-27)28-21-36-29(31-28)19-32-17-15-26(16-18-32)30(33)34;/h7-14,21,23,26H,3-6,15-20H2,1-2H3,(H,33,34);1H. The Labute approximate surface area is 231 Å². The fourth-order valence-electron chi connectivity index (χ4n) is 4.99. The number of piperidine rings is 1. The van der Waals surface area contributed by atoms with Gasteiger partial charge in [0.25, 0.3) is 0 Å². The Bertz CT molecular complexity index is 1090. The number of benzene rings is 2. The molecule has 1 aromatic heterocycles. The van der Waals surface area contributed by atoms with Gasteiger partial charge in [0.15, 0.2) is 0 Å². The van der Waals surface area contributed by atoms with Crippen LogP contribution >= 0.6 is 23.7 Å². The zero-order valence-corrected chi connectivity index (χ0v) is 23.5. The minimum Gasteiger partial charge on any atom is -0.489 e. The van der Waals surface area contributed by atoms with Gasteiger partial charge in [0, 0.05) is 10.9 Å². The number of nitrogens with zero attached hydrogens (tertiary/aromatic N) is 2. The van der Waals surface area contributed by atoms with E-state index in [9.17, 15) is 9.90 Å². The third-order valence-electron chi connectivity index (χ3n) is 7.13. The van der Waals surface area contributed by atoms with Gasteiger partial charge >= 0.3 is 5.97 Å². The van der Waals surface area contributed by atoms with E-state index in [1.54, 1.807) is 11.3 Å². The fraction of sp³-hybridized carbons (Fsp3) is 0.467. The Morgan fingerprint density at radius 3 is 2.30 bits per heavy atom. The smallest absolute Gasteiger partial charge is 0.306 e. The van der Waals surface area contributed by atoms with Crippen molar-refractivity contribution in [3.63, 3.8) is 0 Å². The summed E-state index contributed by atoms with van der Waals surface area (Å²) >= 11 is 1.67. The predicted octanol–water partition coefficient (Wildman–Crippen LogP) is 7.79. The number of carbonyl (C=O) groups is 1.